The molecule has 0 aliphatic rings. The van der Waals surface area contributed by atoms with Gasteiger partial charge in [0.25, 0.3) is 5.91 Å². The van der Waals surface area contributed by atoms with E-state index in [0.29, 0.717) is 0 Å². The number of nitrogens with one attached hydrogen (secondary N) is 2. The molecule has 5 N–H and O–H groups in total. The summed E-state index contributed by atoms with van der Waals surface area (Å²) in [5.74, 6) is -5.02. The Hall–Kier alpha value is -1.84. The number of hydrogen-bond acceptors (Lipinski definition) is 4. The van der Waals surface area contributed by atoms with Gasteiger partial charge in [0.1, 0.15) is 0 Å². The minimum atomic E-state index is -5.15. The average Bonchev–Trinajstić information content (AvgIpc) is 2.10. The van der Waals surface area contributed by atoms with Crippen LogP contribution in [0.1, 0.15) is 6.42 Å². The largest absolute Gasteiger partial charge is 0.481 e. The van der Waals surface area contributed by atoms with Gasteiger partial charge in [-0.3, -0.25) is 25.2 Å². The van der Waals surface area contributed by atoms with Crippen molar-refractivity contribution in [2.24, 2.45) is 5.73 Å². The SMILES string of the molecule is NC(CC(=O)O)C(=O)NNC(=O)C(F)(F)F. The van der Waals surface area contributed by atoms with E-state index in [0.717, 1.165) is 5.43 Å². The maximum Gasteiger partial charge on any atom is 0.472 e. The van der Waals surface area contributed by atoms with Gasteiger partial charge in [-0.05, 0) is 0 Å². The lowest BCUT2D eigenvalue weighted by molar-refractivity contribution is -0.175. The number of alkyl halides is 3. The zero-order valence-electron chi connectivity index (χ0n) is 7.67. The monoisotopic (exact) mass is 243 g/mol. The molecule has 0 aromatic rings. The smallest absolute Gasteiger partial charge is 0.472 e. The molecule has 0 aromatic heterocycles. The summed E-state index contributed by atoms with van der Waals surface area (Å²) in [5, 5.41) is 8.21. The molecule has 2 amide bonds. The lowest BCUT2D eigenvalue weighted by Gasteiger charge is -2.12. The minimum Gasteiger partial charge on any atom is -0.481 e. The highest BCUT2D eigenvalue weighted by molar-refractivity contribution is 5.89. The summed E-state index contributed by atoms with van der Waals surface area (Å²) in [6.07, 6.45) is -5.92. The van der Waals surface area contributed by atoms with E-state index in [1.807, 2.05) is 0 Å². The van der Waals surface area contributed by atoms with Crippen molar-refractivity contribution in [3.05, 3.63) is 0 Å². The molecule has 92 valence electrons. The van der Waals surface area contributed by atoms with Gasteiger partial charge in [0.05, 0.1) is 12.5 Å². The molecule has 0 heterocycles. The van der Waals surface area contributed by atoms with Crippen molar-refractivity contribution in [2.45, 2.75) is 18.6 Å². The molecule has 1 unspecified atom stereocenters. The second-order valence-corrected chi connectivity index (χ2v) is 2.65. The Kier molecular flexibility index (Phi) is 4.69. The Morgan fingerprint density at radius 3 is 2.12 bits per heavy atom. The minimum absolute atomic E-state index is 0.770. The number of aliphatic carboxylic acids is 1. The Balaban J connectivity index is 4.08. The van der Waals surface area contributed by atoms with E-state index in [2.05, 4.69) is 0 Å². The average molecular weight is 243 g/mol. The maximum absolute atomic E-state index is 11.6. The fraction of sp³-hybridized carbons (Fsp3) is 0.500. The number of carbonyl (C=O) groups excluding carboxylic acids is 2. The van der Waals surface area contributed by atoms with Gasteiger partial charge >= 0.3 is 18.1 Å². The topological polar surface area (TPSA) is 122 Å². The van der Waals surface area contributed by atoms with Gasteiger partial charge < -0.3 is 10.8 Å². The first-order valence-electron chi connectivity index (χ1n) is 3.79. The number of carboxylic acids is 1. The molecule has 0 aromatic carbocycles. The predicted octanol–water partition coefficient (Wildman–Crippen LogP) is -1.50. The van der Waals surface area contributed by atoms with Gasteiger partial charge in [-0.15, -0.1) is 0 Å². The third-order valence-corrected chi connectivity index (χ3v) is 1.29. The molecule has 0 radical (unpaired) electrons. The summed E-state index contributed by atoms with van der Waals surface area (Å²) in [6.45, 7) is 0. The van der Waals surface area contributed by atoms with Crippen molar-refractivity contribution in [3.63, 3.8) is 0 Å². The molecule has 0 aliphatic heterocycles. The fourth-order valence-corrected chi connectivity index (χ4v) is 0.563. The summed E-state index contributed by atoms with van der Waals surface area (Å²) in [4.78, 5) is 31.1. The first-order valence-corrected chi connectivity index (χ1v) is 3.79. The zero-order valence-corrected chi connectivity index (χ0v) is 7.67. The zero-order chi connectivity index (χ0) is 12.9. The van der Waals surface area contributed by atoms with Crippen molar-refractivity contribution >= 4 is 17.8 Å². The van der Waals surface area contributed by atoms with Crippen LogP contribution >= 0.6 is 0 Å². The van der Waals surface area contributed by atoms with Crippen LogP contribution in [-0.2, 0) is 14.4 Å². The van der Waals surface area contributed by atoms with E-state index in [-0.39, 0.29) is 0 Å². The Morgan fingerprint density at radius 1 is 1.25 bits per heavy atom. The number of carbonyl (C=O) groups is 3. The van der Waals surface area contributed by atoms with Gasteiger partial charge in [-0.25, -0.2) is 0 Å². The normalized spacial score (nSPS) is 12.8. The van der Waals surface area contributed by atoms with Crippen LogP contribution in [0.15, 0.2) is 0 Å². The summed E-state index contributed by atoms with van der Waals surface area (Å²) in [7, 11) is 0. The van der Waals surface area contributed by atoms with Crippen LogP contribution in [0.3, 0.4) is 0 Å². The van der Waals surface area contributed by atoms with Crippen LogP contribution < -0.4 is 16.6 Å². The number of carboxylic acid groups (broad SMARTS) is 1. The quantitative estimate of drug-likeness (QED) is 0.449. The highest BCUT2D eigenvalue weighted by Gasteiger charge is 2.39. The second kappa shape index (κ2) is 5.30. The molecule has 0 saturated heterocycles. The number of hydrogen-bond donors (Lipinski definition) is 4. The summed E-state index contributed by atoms with van der Waals surface area (Å²) in [5.41, 5.74) is 7.38. The molecule has 0 spiro atoms. The summed E-state index contributed by atoms with van der Waals surface area (Å²) >= 11 is 0. The number of nitrogens with two attached hydrogens (primary N) is 1. The Labute approximate surface area is 86.7 Å². The molecule has 10 heteroatoms. The molecule has 16 heavy (non-hydrogen) atoms. The molecule has 0 aliphatic carbocycles. The van der Waals surface area contributed by atoms with Crippen LogP contribution in [0.5, 0.6) is 0 Å². The lowest BCUT2D eigenvalue weighted by atomic mass is 10.2. The third-order valence-electron chi connectivity index (χ3n) is 1.29. The molecule has 0 saturated carbocycles. The summed E-state index contributed by atoms with van der Waals surface area (Å²) < 4.78 is 34.9. The van der Waals surface area contributed by atoms with Crippen LogP contribution in [-0.4, -0.2) is 35.1 Å². The third kappa shape index (κ3) is 5.14. The standard InChI is InChI=1S/C6H8F3N3O4/c7-6(8,9)5(16)12-11-4(15)2(10)1-3(13)14/h2H,1,10H2,(H,11,15)(H,12,16)(H,13,14). The molecule has 1 atom stereocenters. The van der Waals surface area contributed by atoms with E-state index in [9.17, 15) is 27.6 Å². The molecule has 7 nitrogen and oxygen atoms in total. The van der Waals surface area contributed by atoms with Crippen molar-refractivity contribution in [1.29, 1.82) is 0 Å². The van der Waals surface area contributed by atoms with Crippen LogP contribution in [0.25, 0.3) is 0 Å². The Bertz CT molecular complexity index is 304. The van der Waals surface area contributed by atoms with Gasteiger partial charge in [0.2, 0.25) is 0 Å². The second-order valence-electron chi connectivity index (χ2n) is 2.65. The lowest BCUT2D eigenvalue weighted by Crippen LogP contribution is -2.53. The predicted molar refractivity (Wildman–Crippen MR) is 42.6 cm³/mol. The molecule has 0 bridgehead atoms. The van der Waals surface area contributed by atoms with Gasteiger partial charge in [0.15, 0.2) is 0 Å². The summed E-state index contributed by atoms with van der Waals surface area (Å²) in [6, 6.07) is -1.55. The van der Waals surface area contributed by atoms with E-state index >= 15 is 0 Å². The number of halogens is 3. The first-order chi connectivity index (χ1) is 7.14. The highest BCUT2D eigenvalue weighted by atomic mass is 19.4. The molecular formula is C6H8F3N3O4. The number of hydrazine groups is 1. The van der Waals surface area contributed by atoms with Crippen molar-refractivity contribution in [2.75, 3.05) is 0 Å². The van der Waals surface area contributed by atoms with E-state index in [1.54, 1.807) is 0 Å². The maximum atomic E-state index is 11.6. The molecule has 0 rings (SSSR count). The number of amides is 2. The van der Waals surface area contributed by atoms with Crippen molar-refractivity contribution < 1.29 is 32.7 Å². The highest BCUT2D eigenvalue weighted by Crippen LogP contribution is 2.13. The van der Waals surface area contributed by atoms with Gasteiger partial charge in [-0.2, -0.15) is 13.2 Å². The van der Waals surface area contributed by atoms with Crippen LogP contribution in [0.4, 0.5) is 13.2 Å². The van der Waals surface area contributed by atoms with E-state index < -0.39 is 36.4 Å². The Morgan fingerprint density at radius 2 is 1.75 bits per heavy atom. The van der Waals surface area contributed by atoms with Crippen LogP contribution in [0.2, 0.25) is 0 Å². The van der Waals surface area contributed by atoms with Gasteiger partial charge in [0, 0.05) is 0 Å². The number of rotatable bonds is 3. The van der Waals surface area contributed by atoms with E-state index in [4.69, 9.17) is 10.8 Å². The molecule has 0 fully saturated rings. The van der Waals surface area contributed by atoms with Gasteiger partial charge in [-0.1, -0.05) is 0 Å². The van der Waals surface area contributed by atoms with Crippen LogP contribution in [0, 0.1) is 0 Å². The van der Waals surface area contributed by atoms with Crippen molar-refractivity contribution in [3.8, 4) is 0 Å². The first kappa shape index (κ1) is 14.2. The van der Waals surface area contributed by atoms with E-state index in [1.165, 1.54) is 5.43 Å². The molecular weight excluding hydrogens is 235 g/mol. The van der Waals surface area contributed by atoms with Crippen molar-refractivity contribution in [1.82, 2.24) is 10.9 Å². The fourth-order valence-electron chi connectivity index (χ4n) is 0.563.